The number of nitrogens with two attached hydrogens (primary N) is 1. The monoisotopic (exact) mass is 376 g/mol. The number of hydrogen-bond donors (Lipinski definition) is 3. The van der Waals surface area contributed by atoms with Crippen molar-refractivity contribution in [3.8, 4) is 5.75 Å². The number of hydrogen-bond acceptors (Lipinski definition) is 4. The molecule has 0 saturated carbocycles. The molecule has 0 radical (unpaired) electrons. The average Bonchev–Trinajstić information content (AvgIpc) is 3.09. The summed E-state index contributed by atoms with van der Waals surface area (Å²) in [5.41, 5.74) is 7.94. The van der Waals surface area contributed by atoms with Crippen molar-refractivity contribution >= 4 is 16.7 Å². The van der Waals surface area contributed by atoms with Crippen LogP contribution in [-0.4, -0.2) is 14.5 Å². The lowest BCUT2D eigenvalue weighted by atomic mass is 10.1. The Bertz CT molecular complexity index is 1220. The fraction of sp³-hybridized carbons (Fsp3) is 0.143. The van der Waals surface area contributed by atoms with Gasteiger partial charge in [0.1, 0.15) is 18.2 Å². The van der Waals surface area contributed by atoms with Crippen LogP contribution in [0.25, 0.3) is 10.9 Å². The van der Waals surface area contributed by atoms with Gasteiger partial charge in [-0.05, 0) is 35.7 Å². The number of nitrogen functional groups attached to an aromatic ring is 1. The van der Waals surface area contributed by atoms with Gasteiger partial charge in [0.2, 0.25) is 0 Å². The first-order valence-electron chi connectivity index (χ1n) is 8.96. The van der Waals surface area contributed by atoms with Crippen molar-refractivity contribution in [3.05, 3.63) is 92.8 Å². The molecule has 4 rings (SSSR count). The van der Waals surface area contributed by atoms with E-state index in [4.69, 9.17) is 10.5 Å². The fourth-order valence-electron chi connectivity index (χ4n) is 3.20. The Morgan fingerprint density at radius 3 is 2.64 bits per heavy atom. The van der Waals surface area contributed by atoms with Crippen molar-refractivity contribution in [1.29, 1.82) is 0 Å². The summed E-state index contributed by atoms with van der Waals surface area (Å²) in [6.45, 7) is 0.860. The van der Waals surface area contributed by atoms with Gasteiger partial charge in [-0.3, -0.25) is 14.3 Å². The van der Waals surface area contributed by atoms with E-state index in [1.54, 1.807) is 0 Å². The second-order valence-corrected chi connectivity index (χ2v) is 6.56. The third-order valence-electron chi connectivity index (χ3n) is 4.66. The van der Waals surface area contributed by atoms with E-state index >= 15 is 0 Å². The van der Waals surface area contributed by atoms with Crippen LogP contribution >= 0.6 is 0 Å². The topological polar surface area (TPSA) is 106 Å². The Morgan fingerprint density at radius 1 is 1.04 bits per heavy atom. The molecule has 2 aromatic carbocycles. The molecule has 0 aliphatic carbocycles. The third-order valence-corrected chi connectivity index (χ3v) is 4.66. The van der Waals surface area contributed by atoms with Gasteiger partial charge < -0.3 is 15.5 Å². The van der Waals surface area contributed by atoms with Gasteiger partial charge >= 0.3 is 5.69 Å². The number of H-pyrrole nitrogens is 2. The van der Waals surface area contributed by atoms with Gasteiger partial charge in [0.15, 0.2) is 0 Å². The van der Waals surface area contributed by atoms with Crippen molar-refractivity contribution in [2.24, 2.45) is 0 Å². The number of fused-ring (bicyclic) bond motifs is 1. The molecule has 7 heteroatoms. The first-order chi connectivity index (χ1) is 13.6. The first kappa shape index (κ1) is 17.7. The Morgan fingerprint density at radius 2 is 1.86 bits per heavy atom. The molecular weight excluding hydrogens is 356 g/mol. The van der Waals surface area contributed by atoms with Crippen LogP contribution in [0.4, 0.5) is 5.82 Å². The average molecular weight is 376 g/mol. The first-order valence-corrected chi connectivity index (χ1v) is 8.96. The number of nitrogens with one attached hydrogen (secondary N) is 2. The van der Waals surface area contributed by atoms with E-state index in [0.717, 1.165) is 27.8 Å². The molecule has 28 heavy (non-hydrogen) atoms. The van der Waals surface area contributed by atoms with Gasteiger partial charge in [0, 0.05) is 29.7 Å². The molecule has 0 aliphatic heterocycles. The Kier molecular flexibility index (Phi) is 4.72. The number of ether oxygens (including phenoxy) is 1. The highest BCUT2D eigenvalue weighted by Gasteiger charge is 2.08. The van der Waals surface area contributed by atoms with Crippen molar-refractivity contribution in [2.75, 3.05) is 5.73 Å². The van der Waals surface area contributed by atoms with E-state index in [-0.39, 0.29) is 5.82 Å². The zero-order chi connectivity index (χ0) is 19.5. The van der Waals surface area contributed by atoms with Crippen LogP contribution in [0.2, 0.25) is 0 Å². The molecule has 4 aromatic rings. The molecule has 2 heterocycles. The lowest BCUT2D eigenvalue weighted by Crippen LogP contribution is -2.31. The molecule has 0 saturated heterocycles. The van der Waals surface area contributed by atoms with E-state index in [2.05, 4.69) is 9.97 Å². The lowest BCUT2D eigenvalue weighted by molar-refractivity contribution is 0.306. The molecule has 0 unspecified atom stereocenters. The summed E-state index contributed by atoms with van der Waals surface area (Å²) >= 11 is 0. The van der Waals surface area contributed by atoms with Gasteiger partial charge in [-0.15, -0.1) is 0 Å². The Labute approximate surface area is 160 Å². The summed E-state index contributed by atoms with van der Waals surface area (Å²) in [7, 11) is 0. The van der Waals surface area contributed by atoms with Crippen LogP contribution in [0.1, 0.15) is 11.1 Å². The summed E-state index contributed by atoms with van der Waals surface area (Å²) in [4.78, 5) is 28.7. The number of aromatic nitrogens is 3. The standard InChI is InChI=1S/C21H20N4O3/c22-19-11-20(26)24-21(27)25(19)9-8-15-12-23-18-7-6-16(10-17(15)18)28-13-14-4-2-1-3-5-14/h1-7,10-12,23H,8-9,13,22H2,(H,24,26,27). The van der Waals surface area contributed by atoms with Gasteiger partial charge in [0.05, 0.1) is 0 Å². The molecule has 0 spiro atoms. The molecule has 0 aliphatic rings. The minimum absolute atomic E-state index is 0.153. The zero-order valence-electron chi connectivity index (χ0n) is 15.1. The lowest BCUT2D eigenvalue weighted by Gasteiger charge is -2.09. The largest absolute Gasteiger partial charge is 0.489 e. The maximum atomic E-state index is 12.0. The van der Waals surface area contributed by atoms with Crippen molar-refractivity contribution in [2.45, 2.75) is 19.6 Å². The number of aromatic amines is 2. The number of nitrogens with zero attached hydrogens (tertiary/aromatic N) is 1. The quantitative estimate of drug-likeness (QED) is 0.480. The number of aryl methyl sites for hydroxylation is 1. The summed E-state index contributed by atoms with van der Waals surface area (Å²) in [5.74, 6) is 0.929. The highest BCUT2D eigenvalue weighted by Crippen LogP contribution is 2.25. The predicted molar refractivity (Wildman–Crippen MR) is 109 cm³/mol. The Balaban J connectivity index is 1.53. The van der Waals surface area contributed by atoms with Gasteiger partial charge in [-0.1, -0.05) is 30.3 Å². The molecule has 2 aromatic heterocycles. The van der Waals surface area contributed by atoms with E-state index in [9.17, 15) is 9.59 Å². The molecule has 0 fully saturated rings. The normalized spacial score (nSPS) is 11.0. The Hall–Kier alpha value is -3.74. The van der Waals surface area contributed by atoms with Crippen LogP contribution in [0, 0.1) is 0 Å². The van der Waals surface area contributed by atoms with Crippen LogP contribution in [-0.2, 0) is 19.6 Å². The molecule has 0 bridgehead atoms. The fourth-order valence-corrected chi connectivity index (χ4v) is 3.20. The van der Waals surface area contributed by atoms with Crippen molar-refractivity contribution in [3.63, 3.8) is 0 Å². The third kappa shape index (κ3) is 3.68. The molecule has 0 amide bonds. The highest BCUT2D eigenvalue weighted by molar-refractivity contribution is 5.84. The van der Waals surface area contributed by atoms with E-state index in [0.29, 0.717) is 19.6 Å². The number of rotatable bonds is 6. The van der Waals surface area contributed by atoms with Gasteiger partial charge in [-0.2, -0.15) is 0 Å². The van der Waals surface area contributed by atoms with E-state index in [1.165, 1.54) is 10.6 Å². The van der Waals surface area contributed by atoms with Gasteiger partial charge in [0.25, 0.3) is 5.56 Å². The molecular formula is C21H20N4O3. The minimum Gasteiger partial charge on any atom is -0.489 e. The van der Waals surface area contributed by atoms with Crippen LogP contribution in [0.5, 0.6) is 5.75 Å². The smallest absolute Gasteiger partial charge is 0.329 e. The maximum absolute atomic E-state index is 12.0. The summed E-state index contributed by atoms with van der Waals surface area (Å²) in [6, 6.07) is 17.1. The van der Waals surface area contributed by atoms with Crippen molar-refractivity contribution in [1.82, 2.24) is 14.5 Å². The summed E-state index contributed by atoms with van der Waals surface area (Å²) in [6.07, 6.45) is 2.50. The van der Waals surface area contributed by atoms with Crippen LogP contribution in [0.15, 0.2) is 70.4 Å². The summed E-state index contributed by atoms with van der Waals surface area (Å²) in [5, 5.41) is 1.03. The molecule has 4 N–H and O–H groups in total. The van der Waals surface area contributed by atoms with Crippen LogP contribution < -0.4 is 21.7 Å². The number of anilines is 1. The van der Waals surface area contributed by atoms with Gasteiger partial charge in [-0.25, -0.2) is 4.79 Å². The molecule has 142 valence electrons. The highest BCUT2D eigenvalue weighted by atomic mass is 16.5. The SMILES string of the molecule is Nc1cc(=O)[nH]c(=O)n1CCc1c[nH]c2ccc(OCc3ccccc3)cc12. The minimum atomic E-state index is -0.503. The molecule has 0 atom stereocenters. The zero-order valence-corrected chi connectivity index (χ0v) is 15.1. The summed E-state index contributed by atoms with van der Waals surface area (Å²) < 4.78 is 7.27. The molecule has 7 nitrogen and oxygen atoms in total. The second kappa shape index (κ2) is 7.48. The predicted octanol–water partition coefficient (Wildman–Crippen LogP) is 2.42. The number of benzene rings is 2. The maximum Gasteiger partial charge on any atom is 0.329 e. The van der Waals surface area contributed by atoms with Crippen LogP contribution in [0.3, 0.4) is 0 Å². The van der Waals surface area contributed by atoms with E-state index < -0.39 is 11.2 Å². The van der Waals surface area contributed by atoms with E-state index in [1.807, 2.05) is 54.7 Å². The second-order valence-electron chi connectivity index (χ2n) is 6.56. The van der Waals surface area contributed by atoms with Crippen molar-refractivity contribution < 1.29 is 4.74 Å².